The fourth-order valence-electron chi connectivity index (χ4n) is 0.898. The molecule has 1 fully saturated rings. The fraction of sp³-hybridized carbons (Fsp3) is 0.875. The molecule has 10 heavy (non-hydrogen) atoms. The van der Waals surface area contributed by atoms with Crippen LogP contribution in [0.1, 0.15) is 33.6 Å². The first-order valence-corrected chi connectivity index (χ1v) is 3.93. The maximum atomic E-state index is 10.5. The van der Waals surface area contributed by atoms with Crippen LogP contribution in [-0.2, 0) is 9.53 Å². The Hall–Kier alpha value is -0.370. The molecule has 0 aromatic rings. The number of hydrogen-bond acceptors (Lipinski definition) is 2. The molecule has 0 N–H and O–H groups in total. The fourth-order valence-corrected chi connectivity index (χ4v) is 0.898. The lowest BCUT2D eigenvalue weighted by atomic mass is 10.2. The van der Waals surface area contributed by atoms with Gasteiger partial charge in [-0.3, -0.25) is 4.79 Å². The number of carbonyl (C=O) groups is 1. The van der Waals surface area contributed by atoms with E-state index < -0.39 is 0 Å². The Morgan fingerprint density at radius 3 is 2.30 bits per heavy atom. The van der Waals surface area contributed by atoms with Gasteiger partial charge in [-0.1, -0.05) is 13.8 Å². The molecule has 1 unspecified atom stereocenters. The van der Waals surface area contributed by atoms with Gasteiger partial charge >= 0.3 is 0 Å². The predicted molar refractivity (Wildman–Crippen MR) is 41.0 cm³/mol. The maximum Gasteiger partial charge on any atom is 0.158 e. The second-order valence-corrected chi connectivity index (χ2v) is 2.11. The first kappa shape index (κ1) is 9.63. The van der Waals surface area contributed by atoms with Crippen molar-refractivity contribution in [3.63, 3.8) is 0 Å². The van der Waals surface area contributed by atoms with Crippen LogP contribution >= 0.6 is 0 Å². The molecule has 0 amide bonds. The molecule has 0 spiro atoms. The molecule has 1 aliphatic rings. The van der Waals surface area contributed by atoms with Gasteiger partial charge in [-0.15, -0.1) is 0 Å². The minimum Gasteiger partial charge on any atom is -0.370 e. The highest BCUT2D eigenvalue weighted by Gasteiger charge is 2.18. The van der Waals surface area contributed by atoms with Crippen LogP contribution in [0.2, 0.25) is 0 Å². The lowest BCUT2D eigenvalue weighted by Crippen LogP contribution is -2.14. The smallest absolute Gasteiger partial charge is 0.158 e. The van der Waals surface area contributed by atoms with E-state index in [2.05, 4.69) is 0 Å². The summed E-state index contributed by atoms with van der Waals surface area (Å²) in [6.45, 7) is 6.35. The minimum absolute atomic E-state index is 0.0741. The number of carbonyl (C=O) groups excluding carboxylic acids is 1. The Kier molecular flexibility index (Phi) is 5.22. The van der Waals surface area contributed by atoms with Gasteiger partial charge in [-0.05, 0) is 19.8 Å². The molecule has 1 aliphatic heterocycles. The summed E-state index contributed by atoms with van der Waals surface area (Å²) < 4.78 is 5.06. The summed E-state index contributed by atoms with van der Waals surface area (Å²) in [5.41, 5.74) is 0. The van der Waals surface area contributed by atoms with Crippen molar-refractivity contribution in [2.45, 2.75) is 39.7 Å². The number of ether oxygens (including phenoxy) is 1. The molecule has 0 radical (unpaired) electrons. The van der Waals surface area contributed by atoms with Crippen LogP contribution < -0.4 is 0 Å². The van der Waals surface area contributed by atoms with E-state index in [1.54, 1.807) is 6.92 Å². The third-order valence-electron chi connectivity index (χ3n) is 1.38. The van der Waals surface area contributed by atoms with Gasteiger partial charge in [0.2, 0.25) is 0 Å². The Morgan fingerprint density at radius 1 is 1.50 bits per heavy atom. The SMILES string of the molecule is CC.CC(=O)C1CCCO1. The maximum absolute atomic E-state index is 10.5. The van der Waals surface area contributed by atoms with Gasteiger partial charge in [0.1, 0.15) is 6.10 Å². The number of hydrogen-bond donors (Lipinski definition) is 0. The van der Waals surface area contributed by atoms with E-state index in [-0.39, 0.29) is 11.9 Å². The van der Waals surface area contributed by atoms with Crippen LogP contribution in [0.4, 0.5) is 0 Å². The predicted octanol–water partition coefficient (Wildman–Crippen LogP) is 1.78. The highest BCUT2D eigenvalue weighted by Crippen LogP contribution is 2.11. The lowest BCUT2D eigenvalue weighted by molar-refractivity contribution is -0.125. The van der Waals surface area contributed by atoms with Crippen LogP contribution in [0, 0.1) is 0 Å². The molecule has 0 aliphatic carbocycles. The molecule has 0 aromatic carbocycles. The normalized spacial score (nSPS) is 23.3. The van der Waals surface area contributed by atoms with Crippen molar-refractivity contribution >= 4 is 5.78 Å². The van der Waals surface area contributed by atoms with Crippen molar-refractivity contribution in [2.24, 2.45) is 0 Å². The molecule has 1 heterocycles. The van der Waals surface area contributed by atoms with Crippen LogP contribution in [0.5, 0.6) is 0 Å². The van der Waals surface area contributed by atoms with E-state index in [4.69, 9.17) is 4.74 Å². The van der Waals surface area contributed by atoms with E-state index in [1.165, 1.54) is 0 Å². The Bertz CT molecular complexity index is 93.4. The monoisotopic (exact) mass is 144 g/mol. The highest BCUT2D eigenvalue weighted by molar-refractivity contribution is 5.80. The van der Waals surface area contributed by atoms with Crippen molar-refractivity contribution < 1.29 is 9.53 Å². The molecular weight excluding hydrogens is 128 g/mol. The van der Waals surface area contributed by atoms with Gasteiger partial charge in [-0.2, -0.15) is 0 Å². The van der Waals surface area contributed by atoms with Crippen molar-refractivity contribution in [3.05, 3.63) is 0 Å². The topological polar surface area (TPSA) is 26.3 Å². The first-order valence-electron chi connectivity index (χ1n) is 3.93. The summed E-state index contributed by atoms with van der Waals surface area (Å²) in [6.07, 6.45) is 1.90. The molecule has 1 rings (SSSR count). The first-order chi connectivity index (χ1) is 4.80. The zero-order valence-corrected chi connectivity index (χ0v) is 7.02. The summed E-state index contributed by atoms with van der Waals surface area (Å²) >= 11 is 0. The zero-order chi connectivity index (χ0) is 7.98. The number of rotatable bonds is 1. The largest absolute Gasteiger partial charge is 0.370 e. The Morgan fingerprint density at radius 2 is 2.10 bits per heavy atom. The third-order valence-corrected chi connectivity index (χ3v) is 1.38. The molecule has 0 bridgehead atoms. The third kappa shape index (κ3) is 2.97. The Balaban J connectivity index is 0.000000371. The molecule has 0 aromatic heterocycles. The number of ketones is 1. The van der Waals surface area contributed by atoms with Gasteiger partial charge < -0.3 is 4.74 Å². The average molecular weight is 144 g/mol. The molecule has 1 saturated heterocycles. The van der Waals surface area contributed by atoms with E-state index >= 15 is 0 Å². The van der Waals surface area contributed by atoms with Crippen molar-refractivity contribution in [1.82, 2.24) is 0 Å². The summed E-state index contributed by atoms with van der Waals surface area (Å²) in [7, 11) is 0. The molecule has 60 valence electrons. The van der Waals surface area contributed by atoms with Crippen molar-refractivity contribution in [2.75, 3.05) is 6.61 Å². The molecule has 0 saturated carbocycles. The number of Topliss-reactive ketones (excluding diaryl/α,β-unsaturated/α-hetero) is 1. The van der Waals surface area contributed by atoms with Crippen molar-refractivity contribution in [1.29, 1.82) is 0 Å². The van der Waals surface area contributed by atoms with Gasteiger partial charge in [-0.25, -0.2) is 0 Å². The van der Waals surface area contributed by atoms with E-state index in [0.717, 1.165) is 19.4 Å². The van der Waals surface area contributed by atoms with Crippen LogP contribution in [-0.4, -0.2) is 18.5 Å². The van der Waals surface area contributed by atoms with Gasteiger partial charge in [0, 0.05) is 6.61 Å². The van der Waals surface area contributed by atoms with Gasteiger partial charge in [0.25, 0.3) is 0 Å². The Labute approximate surface area is 62.6 Å². The van der Waals surface area contributed by atoms with Gasteiger partial charge in [0.05, 0.1) is 0 Å². The van der Waals surface area contributed by atoms with E-state index in [0.29, 0.717) is 0 Å². The quantitative estimate of drug-likeness (QED) is 0.560. The lowest BCUT2D eigenvalue weighted by Gasteiger charge is -2.00. The highest BCUT2D eigenvalue weighted by atomic mass is 16.5. The average Bonchev–Trinajstić information content (AvgIpc) is 2.42. The summed E-state index contributed by atoms with van der Waals surface area (Å²) in [5.74, 6) is 0.169. The second kappa shape index (κ2) is 5.42. The minimum atomic E-state index is -0.0741. The molecular formula is C8H16O2. The molecule has 2 heteroatoms. The molecule has 1 atom stereocenters. The van der Waals surface area contributed by atoms with Gasteiger partial charge in [0.15, 0.2) is 5.78 Å². The van der Waals surface area contributed by atoms with Crippen LogP contribution in [0.15, 0.2) is 0 Å². The van der Waals surface area contributed by atoms with E-state index in [1.807, 2.05) is 13.8 Å². The summed E-state index contributed by atoms with van der Waals surface area (Å²) in [4.78, 5) is 10.5. The summed E-state index contributed by atoms with van der Waals surface area (Å²) in [6, 6.07) is 0. The van der Waals surface area contributed by atoms with Crippen LogP contribution in [0.25, 0.3) is 0 Å². The van der Waals surface area contributed by atoms with E-state index in [9.17, 15) is 4.79 Å². The molecule has 2 nitrogen and oxygen atoms in total. The standard InChI is InChI=1S/C6H10O2.C2H6/c1-5(7)6-3-2-4-8-6;1-2/h6H,2-4H2,1H3;1-2H3. The van der Waals surface area contributed by atoms with Crippen LogP contribution in [0.3, 0.4) is 0 Å². The summed E-state index contributed by atoms with van der Waals surface area (Å²) in [5, 5.41) is 0. The zero-order valence-electron chi connectivity index (χ0n) is 7.02. The van der Waals surface area contributed by atoms with Crippen molar-refractivity contribution in [3.8, 4) is 0 Å². The second-order valence-electron chi connectivity index (χ2n) is 2.11.